The van der Waals surface area contributed by atoms with Gasteiger partial charge in [0.15, 0.2) is 0 Å². The zero-order chi connectivity index (χ0) is 23.5. The Morgan fingerprint density at radius 1 is 1.24 bits per heavy atom. The number of aryl methyl sites for hydroxylation is 1. The van der Waals surface area contributed by atoms with Crippen LogP contribution in [0.2, 0.25) is 0 Å². The number of benzene rings is 1. The van der Waals surface area contributed by atoms with E-state index < -0.39 is 17.6 Å². The Labute approximate surface area is 194 Å². The first-order chi connectivity index (χ1) is 15.8. The van der Waals surface area contributed by atoms with Crippen molar-refractivity contribution in [2.45, 2.75) is 51.5 Å². The van der Waals surface area contributed by atoms with Gasteiger partial charge in [-0.15, -0.1) is 11.3 Å². The van der Waals surface area contributed by atoms with Gasteiger partial charge in [0.2, 0.25) is 11.8 Å². The topological polar surface area (TPSA) is 101 Å². The number of pyridine rings is 1. The lowest BCUT2D eigenvalue weighted by Gasteiger charge is -2.13. The standard InChI is InChI=1S/C24H25FN4O3S/c1-3-16(30)9-18(23(32)27-12-22(31)28-15-4-5-15)24-29-20-11-19(25)17(10-21(20)33-24)14-6-7-26-13(2)8-14/h6-8,10-11,15,18H,3-5,9,12H2,1-2H3,(H,27,32)(H,28,31). The van der Waals surface area contributed by atoms with Crippen molar-refractivity contribution in [2.75, 3.05) is 6.54 Å². The van der Waals surface area contributed by atoms with E-state index in [1.807, 2.05) is 6.92 Å². The van der Waals surface area contributed by atoms with E-state index in [1.165, 1.54) is 17.4 Å². The minimum absolute atomic E-state index is 0.0225. The Morgan fingerprint density at radius 2 is 2.03 bits per heavy atom. The summed E-state index contributed by atoms with van der Waals surface area (Å²) in [4.78, 5) is 45.7. The normalized spacial score (nSPS) is 14.2. The summed E-state index contributed by atoms with van der Waals surface area (Å²) in [6, 6.07) is 6.79. The first-order valence-electron chi connectivity index (χ1n) is 11.0. The van der Waals surface area contributed by atoms with Crippen molar-refractivity contribution in [1.29, 1.82) is 0 Å². The maximum atomic E-state index is 14.9. The number of thiazole rings is 1. The number of amides is 2. The van der Waals surface area contributed by atoms with Crippen molar-refractivity contribution in [3.8, 4) is 11.1 Å². The minimum Gasteiger partial charge on any atom is -0.352 e. The second kappa shape index (κ2) is 9.74. The van der Waals surface area contributed by atoms with Crippen molar-refractivity contribution < 1.29 is 18.8 Å². The predicted octanol–water partition coefficient (Wildman–Crippen LogP) is 3.65. The number of Topliss-reactive ketones (excluding diaryl/α,β-unsaturated/α-hetero) is 1. The first kappa shape index (κ1) is 23.0. The predicted molar refractivity (Wildman–Crippen MR) is 124 cm³/mol. The summed E-state index contributed by atoms with van der Waals surface area (Å²) in [6.45, 7) is 3.41. The number of carbonyl (C=O) groups excluding carboxylic acids is 3. The minimum atomic E-state index is -0.835. The summed E-state index contributed by atoms with van der Waals surface area (Å²) >= 11 is 1.26. The SMILES string of the molecule is CCC(=O)CC(C(=O)NCC(=O)NC1CC1)c1nc2cc(F)c(-c3ccnc(C)c3)cc2s1. The summed E-state index contributed by atoms with van der Waals surface area (Å²) in [7, 11) is 0. The highest BCUT2D eigenvalue weighted by Crippen LogP contribution is 2.34. The Hall–Kier alpha value is -3.20. The molecule has 1 unspecified atom stereocenters. The lowest BCUT2D eigenvalue weighted by Crippen LogP contribution is -2.40. The van der Waals surface area contributed by atoms with Gasteiger partial charge in [0.25, 0.3) is 0 Å². The van der Waals surface area contributed by atoms with Crippen LogP contribution in [0.4, 0.5) is 4.39 Å². The van der Waals surface area contributed by atoms with Gasteiger partial charge >= 0.3 is 0 Å². The highest BCUT2D eigenvalue weighted by Gasteiger charge is 2.28. The number of rotatable bonds is 9. The van der Waals surface area contributed by atoms with Gasteiger partial charge in [-0.05, 0) is 43.5 Å². The Balaban J connectivity index is 1.60. The molecule has 1 saturated carbocycles. The van der Waals surface area contributed by atoms with Crippen LogP contribution in [0.25, 0.3) is 21.3 Å². The van der Waals surface area contributed by atoms with Gasteiger partial charge in [0, 0.05) is 42.4 Å². The fourth-order valence-corrected chi connectivity index (χ4v) is 4.60. The zero-order valence-corrected chi connectivity index (χ0v) is 19.3. The molecular weight excluding hydrogens is 443 g/mol. The third-order valence-corrected chi connectivity index (χ3v) is 6.64. The van der Waals surface area contributed by atoms with Crippen molar-refractivity contribution in [1.82, 2.24) is 20.6 Å². The summed E-state index contributed by atoms with van der Waals surface area (Å²) < 4.78 is 15.6. The van der Waals surface area contributed by atoms with Crippen LogP contribution in [-0.2, 0) is 14.4 Å². The third kappa shape index (κ3) is 5.60. The Bertz CT molecular complexity index is 1220. The molecule has 1 aliphatic carbocycles. The van der Waals surface area contributed by atoms with Crippen LogP contribution >= 0.6 is 11.3 Å². The molecule has 0 bridgehead atoms. The first-order valence-corrected chi connectivity index (χ1v) is 11.8. The summed E-state index contributed by atoms with van der Waals surface area (Å²) in [6.07, 6.45) is 3.80. The number of hydrogen-bond donors (Lipinski definition) is 2. The summed E-state index contributed by atoms with van der Waals surface area (Å²) in [5.41, 5.74) is 2.33. The van der Waals surface area contributed by atoms with E-state index in [1.54, 1.807) is 31.3 Å². The highest BCUT2D eigenvalue weighted by atomic mass is 32.1. The van der Waals surface area contributed by atoms with Gasteiger partial charge in [-0.3, -0.25) is 19.4 Å². The van der Waals surface area contributed by atoms with Gasteiger partial charge in [0.1, 0.15) is 16.6 Å². The maximum Gasteiger partial charge on any atom is 0.239 e. The molecule has 3 aromatic rings. The Kier molecular flexibility index (Phi) is 6.78. The molecule has 2 N–H and O–H groups in total. The molecule has 33 heavy (non-hydrogen) atoms. The average Bonchev–Trinajstić information content (AvgIpc) is 3.51. The molecule has 7 nitrogen and oxygen atoms in total. The zero-order valence-electron chi connectivity index (χ0n) is 18.5. The molecular formula is C24H25FN4O3S. The van der Waals surface area contributed by atoms with Crippen LogP contribution in [0.1, 0.15) is 49.2 Å². The lowest BCUT2D eigenvalue weighted by molar-refractivity contribution is -0.128. The fourth-order valence-electron chi connectivity index (χ4n) is 3.51. The monoisotopic (exact) mass is 468 g/mol. The summed E-state index contributed by atoms with van der Waals surface area (Å²) in [5, 5.41) is 5.86. The number of hydrogen-bond acceptors (Lipinski definition) is 6. The van der Waals surface area contributed by atoms with Gasteiger partial charge in [0.05, 0.1) is 22.7 Å². The summed E-state index contributed by atoms with van der Waals surface area (Å²) in [5.74, 6) is -2.04. The van der Waals surface area contributed by atoms with E-state index in [9.17, 15) is 18.8 Å². The lowest BCUT2D eigenvalue weighted by atomic mass is 10.0. The van der Waals surface area contributed by atoms with E-state index in [0.717, 1.165) is 18.5 Å². The van der Waals surface area contributed by atoms with Crippen molar-refractivity contribution >= 4 is 39.2 Å². The number of aromatic nitrogens is 2. The molecule has 0 saturated heterocycles. The van der Waals surface area contributed by atoms with Gasteiger partial charge in [-0.1, -0.05) is 6.92 Å². The molecule has 9 heteroatoms. The second-order valence-electron chi connectivity index (χ2n) is 8.25. The van der Waals surface area contributed by atoms with Crippen LogP contribution < -0.4 is 10.6 Å². The van der Waals surface area contributed by atoms with Crippen LogP contribution in [0.3, 0.4) is 0 Å². The molecule has 0 spiro atoms. The quantitative estimate of drug-likeness (QED) is 0.499. The molecule has 0 radical (unpaired) electrons. The molecule has 1 atom stereocenters. The van der Waals surface area contributed by atoms with Gasteiger partial charge in [-0.2, -0.15) is 0 Å². The van der Waals surface area contributed by atoms with Crippen LogP contribution in [-0.4, -0.2) is 40.2 Å². The Morgan fingerprint density at radius 3 is 2.73 bits per heavy atom. The van der Waals surface area contributed by atoms with Crippen molar-refractivity contribution in [2.24, 2.45) is 0 Å². The molecule has 172 valence electrons. The number of carbonyl (C=O) groups is 3. The van der Waals surface area contributed by atoms with Gasteiger partial charge in [-0.25, -0.2) is 9.37 Å². The van der Waals surface area contributed by atoms with E-state index in [2.05, 4.69) is 20.6 Å². The van der Waals surface area contributed by atoms with E-state index in [-0.39, 0.29) is 37.1 Å². The van der Waals surface area contributed by atoms with Crippen molar-refractivity contribution in [3.63, 3.8) is 0 Å². The highest BCUT2D eigenvalue weighted by molar-refractivity contribution is 7.18. The van der Waals surface area contributed by atoms with Gasteiger partial charge < -0.3 is 10.6 Å². The van der Waals surface area contributed by atoms with E-state index >= 15 is 0 Å². The molecule has 2 heterocycles. The third-order valence-electron chi connectivity index (χ3n) is 5.51. The number of halogens is 1. The molecule has 2 aromatic heterocycles. The molecule has 4 rings (SSSR count). The fraction of sp³-hybridized carbons (Fsp3) is 0.375. The smallest absolute Gasteiger partial charge is 0.239 e. The number of ketones is 1. The van der Waals surface area contributed by atoms with Crippen LogP contribution in [0.5, 0.6) is 0 Å². The van der Waals surface area contributed by atoms with E-state index in [4.69, 9.17) is 0 Å². The van der Waals surface area contributed by atoms with Crippen LogP contribution in [0.15, 0.2) is 30.5 Å². The molecule has 1 aliphatic rings. The maximum absolute atomic E-state index is 14.9. The largest absolute Gasteiger partial charge is 0.352 e. The van der Waals surface area contributed by atoms with Crippen molar-refractivity contribution in [3.05, 3.63) is 47.0 Å². The molecule has 0 aliphatic heterocycles. The number of nitrogens with zero attached hydrogens (tertiary/aromatic N) is 2. The van der Waals surface area contributed by atoms with Crippen LogP contribution in [0, 0.1) is 12.7 Å². The second-order valence-corrected chi connectivity index (χ2v) is 9.31. The average molecular weight is 469 g/mol. The number of nitrogens with one attached hydrogen (secondary N) is 2. The molecule has 1 fully saturated rings. The van der Waals surface area contributed by atoms with E-state index in [0.29, 0.717) is 26.4 Å². The number of fused-ring (bicyclic) bond motifs is 1. The molecule has 1 aromatic carbocycles. The molecule has 2 amide bonds.